The van der Waals surface area contributed by atoms with Gasteiger partial charge in [-0.05, 0) is 50.9 Å². The summed E-state index contributed by atoms with van der Waals surface area (Å²) in [7, 11) is 1.01. The average molecular weight is 391 g/mol. The van der Waals surface area contributed by atoms with Gasteiger partial charge in [-0.25, -0.2) is 4.79 Å². The molecule has 0 amide bonds. The first-order valence-electron chi connectivity index (χ1n) is 9.82. The smallest absolute Gasteiger partial charge is 0.465 e. The number of ether oxygens (including phenoxy) is 1. The van der Waals surface area contributed by atoms with Crippen LogP contribution in [0.25, 0.3) is 10.9 Å². The minimum atomic E-state index is -0.396. The van der Waals surface area contributed by atoms with Gasteiger partial charge in [0.15, 0.2) is 0 Å². The predicted molar refractivity (Wildman–Crippen MR) is 115 cm³/mol. The highest BCUT2D eigenvalue weighted by Gasteiger charge is 2.51. The quantitative estimate of drug-likeness (QED) is 0.502. The molecule has 2 aromatic carbocycles. The van der Waals surface area contributed by atoms with E-state index in [1.807, 2.05) is 36.5 Å². The van der Waals surface area contributed by atoms with Gasteiger partial charge in [0.2, 0.25) is 0 Å². The highest BCUT2D eigenvalue weighted by molar-refractivity contribution is 6.62. The fourth-order valence-corrected chi connectivity index (χ4v) is 3.68. The molecule has 0 N–H and O–H groups in total. The molecule has 0 unspecified atom stereocenters. The topological polar surface area (TPSA) is 49.7 Å². The molecule has 150 valence electrons. The van der Waals surface area contributed by atoms with E-state index < -0.39 is 7.12 Å². The Morgan fingerprint density at radius 3 is 2.41 bits per heavy atom. The lowest BCUT2D eigenvalue weighted by molar-refractivity contribution is 0.00578. The predicted octanol–water partition coefficient (Wildman–Crippen LogP) is 3.78. The van der Waals surface area contributed by atoms with Gasteiger partial charge in [0.25, 0.3) is 0 Å². The van der Waals surface area contributed by atoms with Crippen LogP contribution in [0.1, 0.15) is 43.6 Å². The Hall–Kier alpha value is -2.57. The fourth-order valence-electron chi connectivity index (χ4n) is 3.68. The van der Waals surface area contributed by atoms with Crippen LogP contribution < -0.4 is 5.46 Å². The molecule has 0 saturated carbocycles. The highest BCUT2D eigenvalue weighted by Crippen LogP contribution is 2.36. The van der Waals surface area contributed by atoms with E-state index in [-0.39, 0.29) is 17.2 Å². The lowest BCUT2D eigenvalue weighted by atomic mass is 9.78. The van der Waals surface area contributed by atoms with Gasteiger partial charge in [0.05, 0.1) is 29.4 Å². The van der Waals surface area contributed by atoms with Crippen LogP contribution in [-0.4, -0.2) is 36.0 Å². The summed E-state index contributed by atoms with van der Waals surface area (Å²) in [6.45, 7) is 8.84. The molecular formula is C23H26BNO4. The van der Waals surface area contributed by atoms with Gasteiger partial charge in [-0.15, -0.1) is 0 Å². The zero-order chi connectivity index (χ0) is 20.8. The maximum Gasteiger partial charge on any atom is 0.494 e. The minimum Gasteiger partial charge on any atom is -0.465 e. The average Bonchev–Trinajstić information content (AvgIpc) is 3.19. The Morgan fingerprint density at radius 2 is 1.72 bits per heavy atom. The zero-order valence-electron chi connectivity index (χ0n) is 17.6. The van der Waals surface area contributed by atoms with Gasteiger partial charge in [0.1, 0.15) is 0 Å². The van der Waals surface area contributed by atoms with E-state index in [0.717, 1.165) is 21.9 Å². The number of nitrogens with zero attached hydrogens (tertiary/aromatic N) is 1. The molecule has 0 aliphatic carbocycles. The summed E-state index contributed by atoms with van der Waals surface area (Å²) in [6.07, 6.45) is 2.00. The molecule has 6 heteroatoms. The summed E-state index contributed by atoms with van der Waals surface area (Å²) >= 11 is 0. The van der Waals surface area contributed by atoms with E-state index >= 15 is 0 Å². The molecular weight excluding hydrogens is 365 g/mol. The van der Waals surface area contributed by atoms with E-state index in [1.165, 1.54) is 7.11 Å². The van der Waals surface area contributed by atoms with Crippen molar-refractivity contribution < 1.29 is 18.8 Å². The SMILES string of the molecule is COC(=O)c1cccc2ccn(Cc3cccc(B4OC(C)(C)C(C)(C)O4)c3)c12. The van der Waals surface area contributed by atoms with Crippen LogP contribution in [0, 0.1) is 0 Å². The number of aromatic nitrogens is 1. The molecule has 1 aliphatic rings. The number of fused-ring (bicyclic) bond motifs is 1. The molecule has 2 heterocycles. The summed E-state index contributed by atoms with van der Waals surface area (Å²) in [5, 5.41) is 1.01. The molecule has 0 bridgehead atoms. The number of hydrogen-bond donors (Lipinski definition) is 0. The molecule has 29 heavy (non-hydrogen) atoms. The second-order valence-electron chi connectivity index (χ2n) is 8.51. The van der Waals surface area contributed by atoms with E-state index in [1.54, 1.807) is 6.07 Å². The first-order chi connectivity index (χ1) is 13.7. The number of carbonyl (C=O) groups excluding carboxylic acids is 1. The zero-order valence-corrected chi connectivity index (χ0v) is 17.6. The van der Waals surface area contributed by atoms with Gasteiger partial charge in [-0.3, -0.25) is 0 Å². The summed E-state index contributed by atoms with van der Waals surface area (Å²) < 4.78 is 19.4. The maximum atomic E-state index is 12.2. The third kappa shape index (κ3) is 3.47. The van der Waals surface area contributed by atoms with Gasteiger partial charge in [-0.2, -0.15) is 0 Å². The van der Waals surface area contributed by atoms with Crippen molar-refractivity contribution in [2.75, 3.05) is 7.11 Å². The maximum absolute atomic E-state index is 12.2. The van der Waals surface area contributed by atoms with Crippen molar-refractivity contribution in [3.63, 3.8) is 0 Å². The number of benzene rings is 2. The molecule has 1 aromatic heterocycles. The first kappa shape index (κ1) is 19.7. The number of esters is 1. The van der Waals surface area contributed by atoms with Crippen LogP contribution >= 0.6 is 0 Å². The highest BCUT2D eigenvalue weighted by atomic mass is 16.7. The van der Waals surface area contributed by atoms with Crippen molar-refractivity contribution in [1.82, 2.24) is 4.57 Å². The van der Waals surface area contributed by atoms with E-state index in [2.05, 4.69) is 44.4 Å². The van der Waals surface area contributed by atoms with Crippen LogP contribution in [0.5, 0.6) is 0 Å². The molecule has 4 rings (SSSR count). The normalized spacial score (nSPS) is 17.6. The summed E-state index contributed by atoms with van der Waals surface area (Å²) in [5.41, 5.74) is 2.79. The van der Waals surface area contributed by atoms with Gasteiger partial charge < -0.3 is 18.6 Å². The fraction of sp³-hybridized carbons (Fsp3) is 0.348. The lowest BCUT2D eigenvalue weighted by Gasteiger charge is -2.32. The Morgan fingerprint density at radius 1 is 1.03 bits per heavy atom. The molecule has 3 aromatic rings. The second-order valence-corrected chi connectivity index (χ2v) is 8.51. The Kier molecular flexibility index (Phi) is 4.79. The number of hydrogen-bond acceptors (Lipinski definition) is 4. The third-order valence-corrected chi connectivity index (χ3v) is 6.02. The monoisotopic (exact) mass is 391 g/mol. The van der Waals surface area contributed by atoms with E-state index in [4.69, 9.17) is 14.0 Å². The molecule has 0 spiro atoms. The minimum absolute atomic E-state index is 0.332. The van der Waals surface area contributed by atoms with E-state index in [0.29, 0.717) is 12.1 Å². The van der Waals surface area contributed by atoms with Crippen molar-refractivity contribution in [1.29, 1.82) is 0 Å². The summed E-state index contributed by atoms with van der Waals surface area (Å²) in [4.78, 5) is 12.2. The lowest BCUT2D eigenvalue weighted by Crippen LogP contribution is -2.41. The Bertz CT molecular complexity index is 1050. The second kappa shape index (κ2) is 7.04. The number of methoxy groups -OCH3 is 1. The molecule has 5 nitrogen and oxygen atoms in total. The van der Waals surface area contributed by atoms with Crippen molar-refractivity contribution in [2.45, 2.75) is 45.4 Å². The largest absolute Gasteiger partial charge is 0.494 e. The van der Waals surface area contributed by atoms with Gasteiger partial charge in [-0.1, -0.05) is 36.4 Å². The van der Waals surface area contributed by atoms with Gasteiger partial charge >= 0.3 is 13.1 Å². The van der Waals surface area contributed by atoms with Crippen molar-refractivity contribution in [2.24, 2.45) is 0 Å². The molecule has 1 aliphatic heterocycles. The summed E-state index contributed by atoms with van der Waals surface area (Å²) in [5.74, 6) is -0.332. The van der Waals surface area contributed by atoms with Crippen LogP contribution in [0.15, 0.2) is 54.7 Å². The van der Waals surface area contributed by atoms with Crippen LogP contribution in [-0.2, 0) is 20.6 Å². The van der Waals surface area contributed by atoms with E-state index in [9.17, 15) is 4.79 Å². The number of para-hydroxylation sites is 1. The standard InChI is InChI=1S/C23H26BNO4/c1-22(2)23(3,4)29-24(28-22)18-10-6-8-16(14-18)15-25-13-12-17-9-7-11-19(20(17)25)21(26)27-5/h6-14H,15H2,1-5H3. The number of rotatable bonds is 4. The van der Waals surface area contributed by atoms with Crippen LogP contribution in [0.4, 0.5) is 0 Å². The van der Waals surface area contributed by atoms with Crippen LogP contribution in [0.3, 0.4) is 0 Å². The van der Waals surface area contributed by atoms with Crippen molar-refractivity contribution in [3.05, 3.63) is 65.9 Å². The van der Waals surface area contributed by atoms with Crippen molar-refractivity contribution >= 4 is 29.5 Å². The summed E-state index contributed by atoms with van der Waals surface area (Å²) in [6, 6.07) is 15.9. The molecule has 1 saturated heterocycles. The first-order valence-corrected chi connectivity index (χ1v) is 9.82. The molecule has 0 atom stereocenters. The van der Waals surface area contributed by atoms with Crippen molar-refractivity contribution in [3.8, 4) is 0 Å². The number of carbonyl (C=O) groups is 1. The Balaban J connectivity index is 1.65. The third-order valence-electron chi connectivity index (χ3n) is 6.02. The Labute approximate surface area is 171 Å². The molecule has 0 radical (unpaired) electrons. The molecule has 1 fully saturated rings. The van der Waals surface area contributed by atoms with Gasteiger partial charge in [0, 0.05) is 18.1 Å². The van der Waals surface area contributed by atoms with Crippen LogP contribution in [0.2, 0.25) is 0 Å².